The Morgan fingerprint density at radius 3 is 3.00 bits per heavy atom. The van der Waals surface area contributed by atoms with Gasteiger partial charge in [-0.25, -0.2) is 9.97 Å². The number of hydrogen-bond donors (Lipinski definition) is 2. The molecule has 1 aliphatic carbocycles. The Labute approximate surface area is 166 Å². The first-order valence-corrected chi connectivity index (χ1v) is 9.78. The minimum absolute atomic E-state index is 0.00769. The highest BCUT2D eigenvalue weighted by Gasteiger charge is 2.20. The zero-order valence-corrected chi connectivity index (χ0v) is 16.0. The molecule has 0 spiro atoms. The molecule has 0 aliphatic heterocycles. The number of nitrogens with one attached hydrogen (secondary N) is 1. The van der Waals surface area contributed by atoms with Gasteiger partial charge in [-0.1, -0.05) is 0 Å². The maximum absolute atomic E-state index is 14.3. The van der Waals surface area contributed by atoms with Crippen LogP contribution in [0.2, 0.25) is 0 Å². The predicted octanol–water partition coefficient (Wildman–Crippen LogP) is 2.37. The largest absolute Gasteiger partial charge is 0.494 e. The molecule has 4 aromatic rings. The molecule has 0 atom stereocenters. The van der Waals surface area contributed by atoms with Crippen LogP contribution in [0.25, 0.3) is 23.0 Å². The average Bonchev–Trinajstić information content (AvgIpc) is 3.31. The molecule has 7 nitrogen and oxygen atoms in total. The number of fused-ring (bicyclic) bond motifs is 1. The molecule has 2 N–H and O–H groups in total. The number of rotatable bonds is 3. The van der Waals surface area contributed by atoms with Gasteiger partial charge in [0.05, 0.1) is 28.4 Å². The molecule has 10 heteroatoms. The quantitative estimate of drug-likeness (QED) is 0.398. The van der Waals surface area contributed by atoms with Gasteiger partial charge in [-0.15, -0.1) is 11.3 Å². The Hall–Kier alpha value is -2.98. The van der Waals surface area contributed by atoms with Crippen molar-refractivity contribution >= 4 is 35.3 Å². The van der Waals surface area contributed by atoms with E-state index in [1.54, 1.807) is 35.0 Å². The van der Waals surface area contributed by atoms with Crippen LogP contribution in [-0.4, -0.2) is 35.7 Å². The molecule has 0 aromatic carbocycles. The monoisotopic (exact) mass is 412 g/mol. The van der Waals surface area contributed by atoms with E-state index in [0.717, 1.165) is 12.8 Å². The first-order chi connectivity index (χ1) is 13.6. The number of nitrogens with zero attached hydrogens (tertiary/aromatic N) is 5. The first kappa shape index (κ1) is 17.1. The van der Waals surface area contributed by atoms with E-state index in [1.807, 2.05) is 0 Å². The van der Waals surface area contributed by atoms with Gasteiger partial charge in [0, 0.05) is 17.5 Å². The van der Waals surface area contributed by atoms with Crippen LogP contribution >= 0.6 is 23.6 Å². The Morgan fingerprint density at radius 2 is 2.29 bits per heavy atom. The lowest BCUT2D eigenvalue weighted by atomic mass is 10.2. The summed E-state index contributed by atoms with van der Waals surface area (Å²) in [6.45, 7) is 0. The SMILES string of the molecule is Oc1[nH]c(=S)sc1C=c1cnn2c(=NC3CC3)cc(-c3cccnc3F)nc12. The van der Waals surface area contributed by atoms with Crippen molar-refractivity contribution in [3.63, 3.8) is 0 Å². The van der Waals surface area contributed by atoms with Crippen molar-refractivity contribution in [1.82, 2.24) is 24.6 Å². The summed E-state index contributed by atoms with van der Waals surface area (Å²) in [4.78, 5) is 16.3. The molecule has 0 amide bonds. The van der Waals surface area contributed by atoms with E-state index < -0.39 is 5.95 Å². The summed E-state index contributed by atoms with van der Waals surface area (Å²) in [7, 11) is 0. The zero-order valence-electron chi connectivity index (χ0n) is 14.3. The van der Waals surface area contributed by atoms with Crippen LogP contribution in [0.3, 0.4) is 0 Å². The summed E-state index contributed by atoms with van der Waals surface area (Å²) < 4.78 is 16.4. The molecule has 28 heavy (non-hydrogen) atoms. The lowest BCUT2D eigenvalue weighted by Crippen LogP contribution is -2.19. The van der Waals surface area contributed by atoms with E-state index in [-0.39, 0.29) is 11.9 Å². The van der Waals surface area contributed by atoms with Crippen molar-refractivity contribution in [2.75, 3.05) is 0 Å². The standard InChI is InChI=1S/C18H13FN6OS2/c19-15-11(2-1-5-20-15)12-7-14(22-10-3-4-10)25-16(23-12)9(8-21-25)6-13-17(26)24-18(27)28-13/h1-2,5-8,10,26H,3-4H2,(H,24,27). The molecule has 1 saturated carbocycles. The van der Waals surface area contributed by atoms with Crippen LogP contribution in [0.1, 0.15) is 17.7 Å². The minimum atomic E-state index is -0.594. The van der Waals surface area contributed by atoms with Gasteiger partial charge >= 0.3 is 0 Å². The van der Waals surface area contributed by atoms with E-state index in [2.05, 4.69) is 20.1 Å². The van der Waals surface area contributed by atoms with Crippen LogP contribution in [0.4, 0.5) is 4.39 Å². The molecule has 0 bridgehead atoms. The van der Waals surface area contributed by atoms with Crippen molar-refractivity contribution in [1.29, 1.82) is 0 Å². The van der Waals surface area contributed by atoms with E-state index in [1.165, 1.54) is 17.5 Å². The number of aromatic amines is 1. The first-order valence-electron chi connectivity index (χ1n) is 8.56. The lowest BCUT2D eigenvalue weighted by molar-refractivity contribution is 0.456. The Morgan fingerprint density at radius 1 is 1.43 bits per heavy atom. The maximum atomic E-state index is 14.3. The highest BCUT2D eigenvalue weighted by atomic mass is 32.1. The van der Waals surface area contributed by atoms with E-state index in [0.29, 0.717) is 36.4 Å². The molecule has 0 saturated heterocycles. The van der Waals surface area contributed by atoms with Crippen molar-refractivity contribution in [2.24, 2.45) is 4.99 Å². The third-order valence-electron chi connectivity index (χ3n) is 4.32. The second kappa shape index (κ2) is 6.57. The highest BCUT2D eigenvalue weighted by molar-refractivity contribution is 7.73. The number of aromatic hydroxyl groups is 1. The molecule has 0 unspecified atom stereocenters. The Kier molecular flexibility index (Phi) is 4.02. The molecular weight excluding hydrogens is 399 g/mol. The number of aromatic nitrogens is 5. The molecule has 0 radical (unpaired) electrons. The fourth-order valence-corrected chi connectivity index (χ4v) is 3.88. The Bertz CT molecular complexity index is 1390. The summed E-state index contributed by atoms with van der Waals surface area (Å²) in [6, 6.07) is 5.27. The average molecular weight is 412 g/mol. The molecule has 4 heterocycles. The number of halogens is 1. The van der Waals surface area contributed by atoms with Crippen molar-refractivity contribution in [2.45, 2.75) is 18.9 Å². The van der Waals surface area contributed by atoms with Gasteiger partial charge in [0.15, 0.2) is 15.1 Å². The second-order valence-corrected chi connectivity index (χ2v) is 8.13. The fourth-order valence-electron chi connectivity index (χ4n) is 2.83. The third kappa shape index (κ3) is 3.10. The molecule has 5 rings (SSSR count). The lowest BCUT2D eigenvalue weighted by Gasteiger charge is -2.03. The number of hydrogen-bond acceptors (Lipinski definition) is 7. The van der Waals surface area contributed by atoms with E-state index >= 15 is 0 Å². The van der Waals surface area contributed by atoms with Crippen molar-refractivity contribution in [3.8, 4) is 17.1 Å². The van der Waals surface area contributed by atoms with Gasteiger partial charge in [0.1, 0.15) is 0 Å². The molecular formula is C18H13FN6OS2. The number of pyridine rings is 1. The van der Waals surface area contributed by atoms with Gasteiger partial charge < -0.3 is 10.1 Å². The van der Waals surface area contributed by atoms with E-state index in [4.69, 9.17) is 17.2 Å². The second-order valence-electron chi connectivity index (χ2n) is 6.41. The smallest absolute Gasteiger partial charge is 0.222 e. The summed E-state index contributed by atoms with van der Waals surface area (Å²) in [5.74, 6) is -0.602. The van der Waals surface area contributed by atoms with Gasteiger partial charge in [0.2, 0.25) is 11.8 Å². The topological polar surface area (TPSA) is 91.5 Å². The molecule has 1 fully saturated rings. The molecule has 4 aromatic heterocycles. The minimum Gasteiger partial charge on any atom is -0.494 e. The van der Waals surface area contributed by atoms with Crippen LogP contribution in [0, 0.1) is 9.90 Å². The summed E-state index contributed by atoms with van der Waals surface area (Å²) in [6.07, 6.45) is 6.83. The van der Waals surface area contributed by atoms with Gasteiger partial charge in [-0.05, 0) is 43.3 Å². The number of H-pyrrole nitrogens is 1. The summed E-state index contributed by atoms with van der Waals surface area (Å²) >= 11 is 6.31. The maximum Gasteiger partial charge on any atom is 0.222 e. The normalized spacial score (nSPS) is 15.6. The molecule has 1 aliphatic rings. The predicted molar refractivity (Wildman–Crippen MR) is 105 cm³/mol. The van der Waals surface area contributed by atoms with Gasteiger partial charge in [-0.2, -0.15) is 14.0 Å². The van der Waals surface area contributed by atoms with Crippen LogP contribution in [0.15, 0.2) is 35.6 Å². The van der Waals surface area contributed by atoms with Crippen LogP contribution in [0.5, 0.6) is 5.88 Å². The molecule has 140 valence electrons. The third-order valence-corrected chi connectivity index (χ3v) is 5.49. The zero-order chi connectivity index (χ0) is 19.3. The van der Waals surface area contributed by atoms with Crippen LogP contribution < -0.4 is 10.7 Å². The van der Waals surface area contributed by atoms with Crippen molar-refractivity contribution < 1.29 is 9.50 Å². The van der Waals surface area contributed by atoms with E-state index in [9.17, 15) is 9.50 Å². The van der Waals surface area contributed by atoms with Crippen LogP contribution in [-0.2, 0) is 0 Å². The highest BCUT2D eigenvalue weighted by Crippen LogP contribution is 2.24. The van der Waals surface area contributed by atoms with Gasteiger partial charge in [-0.3, -0.25) is 4.99 Å². The fraction of sp³-hybridized carbons (Fsp3) is 0.167. The van der Waals surface area contributed by atoms with Gasteiger partial charge in [0.25, 0.3) is 0 Å². The van der Waals surface area contributed by atoms with Crippen molar-refractivity contribution in [3.05, 3.63) is 56.1 Å². The summed E-state index contributed by atoms with van der Waals surface area (Å²) in [5.41, 5.74) is 1.85. The summed E-state index contributed by atoms with van der Waals surface area (Å²) in [5, 5.41) is 15.0. The number of thiazole rings is 1. The Balaban J connectivity index is 1.81.